The highest BCUT2D eigenvalue weighted by atomic mass is 19.1. The average Bonchev–Trinajstić information content (AvgIpc) is 3.36. The Bertz CT molecular complexity index is 1090. The molecule has 4 rings (SSSR count). The summed E-state index contributed by atoms with van der Waals surface area (Å²) in [6, 6.07) is 3.50. The van der Waals surface area contributed by atoms with E-state index in [-0.39, 0.29) is 23.0 Å². The number of aryl methyl sites for hydroxylation is 1. The Labute approximate surface area is 170 Å². The molecular formula is C19H20FN7O3. The van der Waals surface area contributed by atoms with Crippen molar-refractivity contribution >= 4 is 23.3 Å². The highest BCUT2D eigenvalue weighted by molar-refractivity contribution is 6.07. The van der Waals surface area contributed by atoms with Gasteiger partial charge in [0.05, 0.1) is 5.69 Å². The van der Waals surface area contributed by atoms with Gasteiger partial charge in [-0.15, -0.1) is 0 Å². The largest absolute Gasteiger partial charge is 0.444 e. The topological polar surface area (TPSA) is 132 Å². The number of nitrogens with zero attached hydrogens (tertiary/aromatic N) is 5. The van der Waals surface area contributed by atoms with Gasteiger partial charge in [0.15, 0.2) is 11.4 Å². The maximum Gasteiger partial charge on any atom is 0.277 e. The van der Waals surface area contributed by atoms with Crippen LogP contribution < -0.4 is 16.0 Å². The number of hydrogen-bond donors (Lipinski definition) is 2. The van der Waals surface area contributed by atoms with Crippen LogP contribution in [0.2, 0.25) is 0 Å². The highest BCUT2D eigenvalue weighted by Gasteiger charge is 2.21. The third-order valence-electron chi connectivity index (χ3n) is 4.79. The lowest BCUT2D eigenvalue weighted by molar-refractivity contribution is 0.0995. The molecule has 0 bridgehead atoms. The summed E-state index contributed by atoms with van der Waals surface area (Å²) in [5.74, 6) is -0.386. The smallest absolute Gasteiger partial charge is 0.277 e. The lowest BCUT2D eigenvalue weighted by Gasteiger charge is -2.29. The summed E-state index contributed by atoms with van der Waals surface area (Å²) in [6.07, 6.45) is 4.47. The van der Waals surface area contributed by atoms with Gasteiger partial charge < -0.3 is 20.4 Å². The Morgan fingerprint density at radius 2 is 2.10 bits per heavy atom. The SMILES string of the molecule is Cn1cc(NC(=O)c2coc(-c3ccnc(N4CCC(F)CC4)c3)n2)c(C(N)=O)n1. The molecule has 0 saturated carbocycles. The molecule has 156 valence electrons. The molecule has 2 amide bonds. The molecule has 0 unspecified atom stereocenters. The van der Waals surface area contributed by atoms with Crippen molar-refractivity contribution in [2.24, 2.45) is 12.8 Å². The summed E-state index contributed by atoms with van der Waals surface area (Å²) in [5, 5.41) is 6.48. The number of oxazole rings is 1. The van der Waals surface area contributed by atoms with Crippen molar-refractivity contribution < 1.29 is 18.4 Å². The molecule has 0 aromatic carbocycles. The van der Waals surface area contributed by atoms with Gasteiger partial charge in [0.25, 0.3) is 11.8 Å². The molecule has 10 nitrogen and oxygen atoms in total. The van der Waals surface area contributed by atoms with Crippen LogP contribution in [-0.2, 0) is 7.05 Å². The normalized spacial score (nSPS) is 14.7. The van der Waals surface area contributed by atoms with Crippen molar-refractivity contribution in [2.45, 2.75) is 19.0 Å². The molecule has 0 spiro atoms. The van der Waals surface area contributed by atoms with Crippen LogP contribution >= 0.6 is 0 Å². The predicted octanol–water partition coefficient (Wildman–Crippen LogP) is 1.76. The minimum absolute atomic E-state index is 0.0286. The third-order valence-corrected chi connectivity index (χ3v) is 4.79. The van der Waals surface area contributed by atoms with Crippen LogP contribution in [0, 0.1) is 0 Å². The van der Waals surface area contributed by atoms with Gasteiger partial charge in [-0.05, 0) is 25.0 Å². The summed E-state index contributed by atoms with van der Waals surface area (Å²) in [4.78, 5) is 34.5. The molecule has 1 aliphatic heterocycles. The van der Waals surface area contributed by atoms with Crippen molar-refractivity contribution in [3.8, 4) is 11.5 Å². The Kier molecular flexibility index (Phi) is 5.17. The summed E-state index contributed by atoms with van der Waals surface area (Å²) >= 11 is 0. The van der Waals surface area contributed by atoms with E-state index in [2.05, 4.69) is 20.4 Å². The number of primary amides is 1. The Morgan fingerprint density at radius 3 is 2.83 bits per heavy atom. The van der Waals surface area contributed by atoms with Gasteiger partial charge in [-0.25, -0.2) is 14.4 Å². The number of pyridine rings is 1. The van der Waals surface area contributed by atoms with Crippen LogP contribution in [0.15, 0.2) is 35.2 Å². The number of nitrogens with two attached hydrogens (primary N) is 1. The van der Waals surface area contributed by atoms with E-state index in [1.54, 1.807) is 25.4 Å². The lowest BCUT2D eigenvalue weighted by Crippen LogP contribution is -2.34. The second kappa shape index (κ2) is 7.93. The summed E-state index contributed by atoms with van der Waals surface area (Å²) in [5.41, 5.74) is 6.07. The first-order valence-electron chi connectivity index (χ1n) is 9.36. The number of aromatic nitrogens is 4. The molecule has 1 fully saturated rings. The summed E-state index contributed by atoms with van der Waals surface area (Å²) in [7, 11) is 1.60. The molecule has 0 aliphatic carbocycles. The van der Waals surface area contributed by atoms with Gasteiger partial charge in [0.1, 0.15) is 18.3 Å². The fraction of sp³-hybridized carbons (Fsp3) is 0.316. The van der Waals surface area contributed by atoms with Gasteiger partial charge in [-0.3, -0.25) is 14.3 Å². The van der Waals surface area contributed by atoms with Crippen LogP contribution in [0.3, 0.4) is 0 Å². The fourth-order valence-electron chi connectivity index (χ4n) is 3.26. The first kappa shape index (κ1) is 19.6. The zero-order valence-electron chi connectivity index (χ0n) is 16.2. The monoisotopic (exact) mass is 413 g/mol. The minimum atomic E-state index is -0.771. The van der Waals surface area contributed by atoms with Crippen LogP contribution in [0.4, 0.5) is 15.9 Å². The number of carbonyl (C=O) groups is 2. The Morgan fingerprint density at radius 1 is 1.33 bits per heavy atom. The van der Waals surface area contributed by atoms with E-state index in [4.69, 9.17) is 10.2 Å². The molecule has 0 radical (unpaired) electrons. The van der Waals surface area contributed by atoms with Crippen molar-refractivity contribution in [2.75, 3.05) is 23.3 Å². The van der Waals surface area contributed by atoms with Crippen molar-refractivity contribution in [1.29, 1.82) is 0 Å². The van der Waals surface area contributed by atoms with Crippen molar-refractivity contribution in [3.63, 3.8) is 0 Å². The van der Waals surface area contributed by atoms with Crippen LogP contribution in [0.5, 0.6) is 0 Å². The van der Waals surface area contributed by atoms with Crippen LogP contribution in [0.1, 0.15) is 33.8 Å². The van der Waals surface area contributed by atoms with E-state index in [9.17, 15) is 14.0 Å². The summed E-state index contributed by atoms with van der Waals surface area (Å²) in [6.45, 7) is 1.17. The number of piperidine rings is 1. The van der Waals surface area contributed by atoms with Crippen LogP contribution in [0.25, 0.3) is 11.5 Å². The van der Waals surface area contributed by atoms with Gasteiger partial charge in [0, 0.05) is 38.1 Å². The molecule has 3 aromatic rings. The molecule has 1 aliphatic rings. The average molecular weight is 413 g/mol. The third kappa shape index (κ3) is 4.00. The maximum atomic E-state index is 13.4. The zero-order chi connectivity index (χ0) is 21.3. The number of rotatable bonds is 5. The number of hydrogen-bond acceptors (Lipinski definition) is 7. The molecule has 1 saturated heterocycles. The zero-order valence-corrected chi connectivity index (χ0v) is 16.2. The fourth-order valence-corrected chi connectivity index (χ4v) is 3.26. The van der Waals surface area contributed by atoms with Gasteiger partial charge in [-0.1, -0.05) is 0 Å². The molecule has 4 heterocycles. The second-order valence-electron chi connectivity index (χ2n) is 6.99. The van der Waals surface area contributed by atoms with E-state index in [1.165, 1.54) is 17.1 Å². The first-order chi connectivity index (χ1) is 14.4. The molecule has 3 N–H and O–H groups in total. The van der Waals surface area contributed by atoms with E-state index < -0.39 is 18.0 Å². The molecule has 0 atom stereocenters. The van der Waals surface area contributed by atoms with Gasteiger partial charge >= 0.3 is 0 Å². The molecule has 11 heteroatoms. The quantitative estimate of drug-likeness (QED) is 0.651. The van der Waals surface area contributed by atoms with Gasteiger partial charge in [0.2, 0.25) is 5.89 Å². The standard InChI is InChI=1S/C19H20FN7O3/c1-26-9-13(16(25-26)17(21)28)23-18(29)14-10-30-19(24-14)11-2-5-22-15(8-11)27-6-3-12(20)4-7-27/h2,5,8-10,12H,3-4,6-7H2,1H3,(H2,21,28)(H,23,29). The predicted molar refractivity (Wildman–Crippen MR) is 106 cm³/mol. The molecule has 3 aromatic heterocycles. The number of nitrogens with one attached hydrogen (secondary N) is 1. The lowest BCUT2D eigenvalue weighted by atomic mass is 10.1. The second-order valence-corrected chi connectivity index (χ2v) is 6.99. The molecular weight excluding hydrogens is 393 g/mol. The van der Waals surface area contributed by atoms with E-state index in [0.717, 1.165) is 0 Å². The van der Waals surface area contributed by atoms with E-state index in [1.807, 2.05) is 4.90 Å². The summed E-state index contributed by atoms with van der Waals surface area (Å²) < 4.78 is 20.2. The highest BCUT2D eigenvalue weighted by Crippen LogP contribution is 2.25. The maximum absolute atomic E-state index is 13.4. The molecule has 30 heavy (non-hydrogen) atoms. The van der Waals surface area contributed by atoms with Gasteiger partial charge in [-0.2, -0.15) is 5.10 Å². The Balaban J connectivity index is 1.51. The minimum Gasteiger partial charge on any atom is -0.444 e. The van der Waals surface area contributed by atoms with Crippen LogP contribution in [-0.4, -0.2) is 50.8 Å². The first-order valence-corrected chi connectivity index (χ1v) is 9.36. The van der Waals surface area contributed by atoms with E-state index >= 15 is 0 Å². The number of carbonyl (C=O) groups excluding carboxylic acids is 2. The number of halogens is 1. The Hall–Kier alpha value is -3.76. The number of amides is 2. The number of alkyl halides is 1. The van der Waals surface area contributed by atoms with Crippen molar-refractivity contribution in [3.05, 3.63) is 42.2 Å². The number of anilines is 2. The van der Waals surface area contributed by atoms with E-state index in [0.29, 0.717) is 37.3 Å². The van der Waals surface area contributed by atoms with Crippen molar-refractivity contribution in [1.82, 2.24) is 19.7 Å².